The molecule has 6 nitrogen and oxygen atoms in total. The molecule has 150 valence electrons. The van der Waals surface area contributed by atoms with Crippen LogP contribution in [0.1, 0.15) is 44.9 Å². The lowest BCUT2D eigenvalue weighted by Gasteiger charge is -2.30. The quantitative estimate of drug-likeness (QED) is 0.772. The average Bonchev–Trinajstić information content (AvgIpc) is 2.95. The highest BCUT2D eigenvalue weighted by molar-refractivity contribution is 7.92. The van der Waals surface area contributed by atoms with Gasteiger partial charge in [-0.1, -0.05) is 12.8 Å². The van der Waals surface area contributed by atoms with Gasteiger partial charge in [0, 0.05) is 31.9 Å². The van der Waals surface area contributed by atoms with Crippen LogP contribution < -0.4 is 9.21 Å². The summed E-state index contributed by atoms with van der Waals surface area (Å²) in [5.74, 6) is -0.109. The van der Waals surface area contributed by atoms with Crippen molar-refractivity contribution in [2.75, 3.05) is 48.2 Å². The van der Waals surface area contributed by atoms with E-state index in [4.69, 9.17) is 0 Å². The molecule has 2 aliphatic heterocycles. The summed E-state index contributed by atoms with van der Waals surface area (Å²) in [6.07, 6.45) is 9.10. The van der Waals surface area contributed by atoms with Gasteiger partial charge >= 0.3 is 0 Å². The van der Waals surface area contributed by atoms with Gasteiger partial charge in [0.1, 0.15) is 6.54 Å². The van der Waals surface area contributed by atoms with Gasteiger partial charge in [0.2, 0.25) is 15.9 Å². The third-order valence-corrected chi connectivity index (χ3v) is 6.64. The molecule has 1 aromatic carbocycles. The number of amides is 1. The van der Waals surface area contributed by atoms with Crippen LogP contribution in [0, 0.1) is 0 Å². The SMILES string of the molecule is CS(=O)(=O)N(CC(=O)N1CCCCCC1)c1ccc(N2CCCCC2)cc1. The summed E-state index contributed by atoms with van der Waals surface area (Å²) in [6, 6.07) is 7.58. The van der Waals surface area contributed by atoms with Gasteiger partial charge in [-0.15, -0.1) is 0 Å². The first-order valence-corrected chi connectivity index (χ1v) is 11.9. The molecule has 0 atom stereocenters. The molecule has 0 radical (unpaired) electrons. The van der Waals surface area contributed by atoms with Crippen LogP contribution in [0.3, 0.4) is 0 Å². The van der Waals surface area contributed by atoms with Crippen LogP contribution in [0.5, 0.6) is 0 Å². The van der Waals surface area contributed by atoms with Crippen molar-refractivity contribution in [3.8, 4) is 0 Å². The van der Waals surface area contributed by atoms with E-state index in [1.54, 1.807) is 0 Å². The van der Waals surface area contributed by atoms with Crippen LogP contribution >= 0.6 is 0 Å². The minimum atomic E-state index is -3.53. The van der Waals surface area contributed by atoms with Crippen LogP contribution in [0.2, 0.25) is 0 Å². The molecule has 7 heteroatoms. The fourth-order valence-electron chi connectivity index (χ4n) is 3.92. The molecular weight excluding hydrogens is 362 g/mol. The van der Waals surface area contributed by atoms with Crippen molar-refractivity contribution >= 4 is 27.3 Å². The first-order valence-electron chi connectivity index (χ1n) is 10.1. The Labute approximate surface area is 163 Å². The van der Waals surface area contributed by atoms with Gasteiger partial charge in [-0.25, -0.2) is 8.42 Å². The molecule has 0 aliphatic carbocycles. The van der Waals surface area contributed by atoms with Gasteiger partial charge in [0.05, 0.1) is 11.9 Å². The van der Waals surface area contributed by atoms with E-state index in [1.807, 2.05) is 29.2 Å². The lowest BCUT2D eigenvalue weighted by Crippen LogP contribution is -2.43. The number of nitrogens with zero attached hydrogens (tertiary/aromatic N) is 3. The standard InChI is InChI=1S/C20H31N3O3S/c1-27(25,26)23(17-20(24)22-15-5-2-3-6-16-22)19-11-9-18(10-12-19)21-13-7-4-8-14-21/h9-12H,2-8,13-17H2,1H3. The normalized spacial score (nSPS) is 18.9. The summed E-state index contributed by atoms with van der Waals surface area (Å²) in [4.78, 5) is 16.9. The number of piperidine rings is 1. The smallest absolute Gasteiger partial charge is 0.243 e. The van der Waals surface area contributed by atoms with E-state index in [0.717, 1.165) is 57.5 Å². The lowest BCUT2D eigenvalue weighted by molar-refractivity contribution is -0.129. The average molecular weight is 394 g/mol. The Balaban J connectivity index is 1.73. The molecule has 2 aliphatic rings. The monoisotopic (exact) mass is 393 g/mol. The third kappa shape index (κ3) is 5.37. The zero-order valence-corrected chi connectivity index (χ0v) is 17.1. The van der Waals surface area contributed by atoms with E-state index >= 15 is 0 Å². The highest BCUT2D eigenvalue weighted by Gasteiger charge is 2.24. The molecule has 2 fully saturated rings. The first kappa shape index (κ1) is 20.0. The topological polar surface area (TPSA) is 60.9 Å². The van der Waals surface area contributed by atoms with E-state index < -0.39 is 10.0 Å². The largest absolute Gasteiger partial charge is 0.372 e. The number of carbonyl (C=O) groups is 1. The van der Waals surface area contributed by atoms with Crippen LogP contribution in [-0.2, 0) is 14.8 Å². The number of hydrogen-bond acceptors (Lipinski definition) is 4. The molecule has 1 aromatic rings. The van der Waals surface area contributed by atoms with E-state index in [2.05, 4.69) is 4.90 Å². The Kier molecular flexibility index (Phi) is 6.63. The second-order valence-electron chi connectivity index (χ2n) is 7.63. The molecule has 1 amide bonds. The number of benzene rings is 1. The number of rotatable bonds is 5. The molecule has 0 unspecified atom stereocenters. The number of sulfonamides is 1. The maximum atomic E-state index is 12.7. The van der Waals surface area contributed by atoms with Gasteiger partial charge in [-0.2, -0.15) is 0 Å². The number of hydrogen-bond donors (Lipinski definition) is 0. The number of likely N-dealkylation sites (tertiary alicyclic amines) is 1. The molecule has 27 heavy (non-hydrogen) atoms. The van der Waals surface area contributed by atoms with Crippen molar-refractivity contribution in [2.24, 2.45) is 0 Å². The van der Waals surface area contributed by atoms with Gasteiger partial charge in [0.15, 0.2) is 0 Å². The van der Waals surface area contributed by atoms with E-state index in [-0.39, 0.29) is 12.5 Å². The zero-order chi connectivity index (χ0) is 19.3. The summed E-state index contributed by atoms with van der Waals surface area (Å²) in [5, 5.41) is 0. The Morgan fingerprint density at radius 2 is 1.41 bits per heavy atom. The van der Waals surface area contributed by atoms with Gasteiger partial charge < -0.3 is 9.80 Å². The van der Waals surface area contributed by atoms with Crippen molar-refractivity contribution in [3.05, 3.63) is 24.3 Å². The van der Waals surface area contributed by atoms with E-state index in [1.165, 1.54) is 29.8 Å². The van der Waals surface area contributed by atoms with Gasteiger partial charge in [-0.3, -0.25) is 9.10 Å². The van der Waals surface area contributed by atoms with Gasteiger partial charge in [-0.05, 0) is 56.4 Å². The Hall–Kier alpha value is -1.76. The molecule has 0 bridgehead atoms. The summed E-state index contributed by atoms with van der Waals surface area (Å²) in [5.41, 5.74) is 1.67. The van der Waals surface area contributed by atoms with Crippen LogP contribution in [0.25, 0.3) is 0 Å². The van der Waals surface area contributed by atoms with Crippen molar-refractivity contribution in [2.45, 2.75) is 44.9 Å². The Morgan fingerprint density at radius 1 is 0.889 bits per heavy atom. The second-order valence-corrected chi connectivity index (χ2v) is 9.54. The van der Waals surface area contributed by atoms with Crippen molar-refractivity contribution in [3.63, 3.8) is 0 Å². The summed E-state index contributed by atoms with van der Waals surface area (Å²) in [6.45, 7) is 3.42. The fraction of sp³-hybridized carbons (Fsp3) is 0.650. The summed E-state index contributed by atoms with van der Waals surface area (Å²) < 4.78 is 25.9. The summed E-state index contributed by atoms with van der Waals surface area (Å²) in [7, 11) is -3.53. The lowest BCUT2D eigenvalue weighted by atomic mass is 10.1. The molecule has 0 N–H and O–H groups in total. The van der Waals surface area contributed by atoms with E-state index in [9.17, 15) is 13.2 Å². The Morgan fingerprint density at radius 3 is 1.96 bits per heavy atom. The fourth-order valence-corrected chi connectivity index (χ4v) is 4.77. The maximum Gasteiger partial charge on any atom is 0.243 e. The van der Waals surface area contributed by atoms with Crippen molar-refractivity contribution in [1.29, 1.82) is 0 Å². The number of anilines is 2. The number of carbonyl (C=O) groups excluding carboxylic acids is 1. The van der Waals surface area contributed by atoms with E-state index in [0.29, 0.717) is 5.69 Å². The third-order valence-electron chi connectivity index (χ3n) is 5.50. The van der Waals surface area contributed by atoms with Crippen molar-refractivity contribution in [1.82, 2.24) is 4.90 Å². The minimum absolute atomic E-state index is 0.109. The van der Waals surface area contributed by atoms with Gasteiger partial charge in [0.25, 0.3) is 0 Å². The molecule has 0 saturated carbocycles. The zero-order valence-electron chi connectivity index (χ0n) is 16.3. The highest BCUT2D eigenvalue weighted by atomic mass is 32.2. The molecule has 2 saturated heterocycles. The predicted molar refractivity (Wildman–Crippen MR) is 110 cm³/mol. The second kappa shape index (κ2) is 8.95. The molecular formula is C20H31N3O3S. The minimum Gasteiger partial charge on any atom is -0.372 e. The van der Waals surface area contributed by atoms with Crippen LogP contribution in [0.15, 0.2) is 24.3 Å². The maximum absolute atomic E-state index is 12.7. The molecule has 3 rings (SSSR count). The summed E-state index contributed by atoms with van der Waals surface area (Å²) >= 11 is 0. The first-order chi connectivity index (χ1) is 12.9. The molecule has 2 heterocycles. The van der Waals surface area contributed by atoms with Crippen LogP contribution in [-0.4, -0.2) is 58.2 Å². The molecule has 0 aromatic heterocycles. The predicted octanol–water partition coefficient (Wildman–Crippen LogP) is 2.85. The van der Waals surface area contributed by atoms with Crippen molar-refractivity contribution < 1.29 is 13.2 Å². The Bertz CT molecular complexity index is 719. The van der Waals surface area contributed by atoms with Crippen LogP contribution in [0.4, 0.5) is 11.4 Å². The molecule has 0 spiro atoms. The highest BCUT2D eigenvalue weighted by Crippen LogP contribution is 2.25.